The SMILES string of the molecule is CCc1cc(/C(=C/c2ccc(N(c3ccc(/C=C(\c4ccccc4)c4ccc(C)c(CC)c4)cc3)c3ccc(C)cc3C)cc2)c2ccccc2)ccc1C. The van der Waals surface area contributed by atoms with E-state index < -0.39 is 0 Å². The van der Waals surface area contributed by atoms with Gasteiger partial charge >= 0.3 is 0 Å². The van der Waals surface area contributed by atoms with Gasteiger partial charge in [0.1, 0.15) is 0 Å². The molecule has 1 nitrogen and oxygen atoms in total. The van der Waals surface area contributed by atoms with Crippen molar-refractivity contribution in [3.63, 3.8) is 0 Å². The molecule has 0 spiro atoms. The molecule has 0 amide bonds. The van der Waals surface area contributed by atoms with Gasteiger partial charge in [0.2, 0.25) is 0 Å². The average Bonchev–Trinajstić information content (AvgIpc) is 3.22. The first-order valence-electron chi connectivity index (χ1n) is 19.6. The number of benzene rings is 7. The molecule has 0 radical (unpaired) electrons. The van der Waals surface area contributed by atoms with Crippen LogP contribution in [0.4, 0.5) is 17.1 Å². The number of rotatable bonds is 11. The Kier molecular flexibility index (Phi) is 11.4. The van der Waals surface area contributed by atoms with Crippen LogP contribution in [-0.2, 0) is 12.8 Å². The van der Waals surface area contributed by atoms with E-state index in [1.807, 2.05) is 0 Å². The molecule has 0 aliphatic carbocycles. The first kappa shape index (κ1) is 37.1. The smallest absolute Gasteiger partial charge is 0.0490 e. The second kappa shape index (κ2) is 16.9. The summed E-state index contributed by atoms with van der Waals surface area (Å²) in [6.07, 6.45) is 6.69. The molecular formula is C54H51N. The average molecular weight is 714 g/mol. The zero-order valence-corrected chi connectivity index (χ0v) is 33.1. The molecule has 0 aromatic heterocycles. The molecule has 7 aromatic rings. The van der Waals surface area contributed by atoms with E-state index in [0.29, 0.717) is 0 Å². The highest BCUT2D eigenvalue weighted by atomic mass is 15.1. The van der Waals surface area contributed by atoms with Gasteiger partial charge in [-0.1, -0.05) is 153 Å². The zero-order valence-electron chi connectivity index (χ0n) is 33.1. The van der Waals surface area contributed by atoms with Crippen LogP contribution in [0.3, 0.4) is 0 Å². The minimum Gasteiger partial charge on any atom is -0.310 e. The molecule has 0 atom stereocenters. The van der Waals surface area contributed by atoms with Gasteiger partial charge in [-0.05, 0) is 155 Å². The highest BCUT2D eigenvalue weighted by Crippen LogP contribution is 2.38. The number of aryl methyl sites for hydroxylation is 6. The van der Waals surface area contributed by atoms with Gasteiger partial charge in [-0.2, -0.15) is 0 Å². The quantitative estimate of drug-likeness (QED) is 0.121. The minimum absolute atomic E-state index is 1.02. The van der Waals surface area contributed by atoms with Crippen LogP contribution >= 0.6 is 0 Å². The fraction of sp³-hybridized carbons (Fsp3) is 0.148. The Hall–Kier alpha value is -6.18. The van der Waals surface area contributed by atoms with Crippen molar-refractivity contribution in [2.24, 2.45) is 0 Å². The summed E-state index contributed by atoms with van der Waals surface area (Å²) in [5, 5.41) is 0. The fourth-order valence-electron chi connectivity index (χ4n) is 7.60. The third kappa shape index (κ3) is 8.48. The largest absolute Gasteiger partial charge is 0.310 e. The standard InChI is InChI=1S/C54H51N/c1-7-44-36-48(26-20-39(44)4)52(46-15-11-9-12-16-46)34-42-22-28-50(29-23-42)55(54-32-19-38(3)33-41(54)6)51-30-24-43(25-31-51)35-53(47-17-13-10-14-18-47)49-27-21-40(5)45(8-2)37-49/h9-37H,7-8H2,1-6H3/b52-34+,53-35+. The summed E-state index contributed by atoms with van der Waals surface area (Å²) in [6, 6.07) is 60.0. The normalized spacial score (nSPS) is 11.8. The third-order valence-corrected chi connectivity index (χ3v) is 10.8. The predicted molar refractivity (Wildman–Crippen MR) is 239 cm³/mol. The van der Waals surface area contributed by atoms with Crippen LogP contribution < -0.4 is 4.90 Å². The summed E-state index contributed by atoms with van der Waals surface area (Å²) >= 11 is 0. The molecule has 7 aromatic carbocycles. The first-order valence-corrected chi connectivity index (χ1v) is 19.6. The molecular weight excluding hydrogens is 663 g/mol. The molecule has 0 saturated heterocycles. The molecule has 0 fully saturated rings. The van der Waals surface area contributed by atoms with Crippen molar-refractivity contribution in [3.05, 3.63) is 231 Å². The van der Waals surface area contributed by atoms with Crippen molar-refractivity contribution < 1.29 is 0 Å². The molecule has 0 aliphatic heterocycles. The molecule has 0 N–H and O–H groups in total. The van der Waals surface area contributed by atoms with Gasteiger partial charge in [0.15, 0.2) is 0 Å². The highest BCUT2D eigenvalue weighted by Gasteiger charge is 2.16. The van der Waals surface area contributed by atoms with Crippen molar-refractivity contribution in [1.29, 1.82) is 0 Å². The van der Waals surface area contributed by atoms with Gasteiger partial charge < -0.3 is 4.90 Å². The summed E-state index contributed by atoms with van der Waals surface area (Å²) in [5.74, 6) is 0. The van der Waals surface area contributed by atoms with E-state index in [-0.39, 0.29) is 0 Å². The predicted octanol–water partition coefficient (Wildman–Crippen LogP) is 14.7. The lowest BCUT2D eigenvalue weighted by molar-refractivity contribution is 1.11. The van der Waals surface area contributed by atoms with Gasteiger partial charge in [-0.25, -0.2) is 0 Å². The lowest BCUT2D eigenvalue weighted by atomic mass is 9.92. The molecule has 7 rings (SSSR count). The van der Waals surface area contributed by atoms with E-state index in [1.165, 1.54) is 72.5 Å². The molecule has 55 heavy (non-hydrogen) atoms. The monoisotopic (exact) mass is 713 g/mol. The van der Waals surface area contributed by atoms with E-state index in [4.69, 9.17) is 0 Å². The molecule has 0 heterocycles. The van der Waals surface area contributed by atoms with Gasteiger partial charge in [0.05, 0.1) is 0 Å². The molecule has 0 unspecified atom stereocenters. The third-order valence-electron chi connectivity index (χ3n) is 10.8. The molecule has 1 heteroatoms. The Morgan fingerprint density at radius 2 is 0.855 bits per heavy atom. The van der Waals surface area contributed by atoms with Crippen molar-refractivity contribution in [2.45, 2.75) is 54.4 Å². The van der Waals surface area contributed by atoms with Crippen LogP contribution in [0.1, 0.15) is 80.6 Å². The lowest BCUT2D eigenvalue weighted by Crippen LogP contribution is -2.11. The van der Waals surface area contributed by atoms with Gasteiger partial charge in [-0.15, -0.1) is 0 Å². The van der Waals surface area contributed by atoms with E-state index >= 15 is 0 Å². The second-order valence-corrected chi connectivity index (χ2v) is 14.6. The fourth-order valence-corrected chi connectivity index (χ4v) is 7.60. The number of anilines is 3. The molecule has 0 bridgehead atoms. The Morgan fingerprint density at radius 1 is 0.418 bits per heavy atom. The molecule has 0 aliphatic rings. The van der Waals surface area contributed by atoms with E-state index in [0.717, 1.165) is 35.3 Å². The Bertz CT molecular complexity index is 2300. The van der Waals surface area contributed by atoms with Crippen LogP contribution in [-0.4, -0.2) is 0 Å². The maximum atomic E-state index is 2.38. The molecule has 272 valence electrons. The second-order valence-electron chi connectivity index (χ2n) is 14.6. The summed E-state index contributed by atoms with van der Waals surface area (Å²) in [5.41, 5.74) is 21.1. The maximum absolute atomic E-state index is 2.38. The number of nitrogens with zero attached hydrogens (tertiary/aromatic N) is 1. The van der Waals surface area contributed by atoms with E-state index in [2.05, 4.69) is 222 Å². The van der Waals surface area contributed by atoms with Crippen molar-refractivity contribution in [2.75, 3.05) is 4.90 Å². The van der Waals surface area contributed by atoms with E-state index in [1.54, 1.807) is 0 Å². The van der Waals surface area contributed by atoms with Crippen LogP contribution in [0.25, 0.3) is 23.3 Å². The minimum atomic E-state index is 1.02. The Labute approximate surface area is 329 Å². The first-order chi connectivity index (χ1) is 26.8. The number of hydrogen-bond donors (Lipinski definition) is 0. The maximum Gasteiger partial charge on any atom is 0.0490 e. The Balaban J connectivity index is 1.28. The van der Waals surface area contributed by atoms with E-state index in [9.17, 15) is 0 Å². The van der Waals surface area contributed by atoms with Gasteiger partial charge in [0, 0.05) is 17.1 Å². The molecule has 0 saturated carbocycles. The van der Waals surface area contributed by atoms with Gasteiger partial charge in [0.25, 0.3) is 0 Å². The van der Waals surface area contributed by atoms with Crippen molar-refractivity contribution in [3.8, 4) is 0 Å². The van der Waals surface area contributed by atoms with Crippen LogP contribution in [0.15, 0.2) is 164 Å². The topological polar surface area (TPSA) is 3.24 Å². The van der Waals surface area contributed by atoms with Crippen LogP contribution in [0.5, 0.6) is 0 Å². The van der Waals surface area contributed by atoms with Crippen LogP contribution in [0.2, 0.25) is 0 Å². The highest BCUT2D eigenvalue weighted by molar-refractivity contribution is 5.93. The van der Waals surface area contributed by atoms with Gasteiger partial charge in [-0.3, -0.25) is 0 Å². The summed E-state index contributed by atoms with van der Waals surface area (Å²) in [6.45, 7) is 13.2. The lowest BCUT2D eigenvalue weighted by Gasteiger charge is -2.27. The van der Waals surface area contributed by atoms with Crippen molar-refractivity contribution in [1.82, 2.24) is 0 Å². The van der Waals surface area contributed by atoms with Crippen LogP contribution in [0, 0.1) is 27.7 Å². The Morgan fingerprint density at radius 3 is 1.25 bits per heavy atom. The number of hydrogen-bond acceptors (Lipinski definition) is 1. The summed E-state index contributed by atoms with van der Waals surface area (Å²) < 4.78 is 0. The zero-order chi connectivity index (χ0) is 38.3. The summed E-state index contributed by atoms with van der Waals surface area (Å²) in [7, 11) is 0. The van der Waals surface area contributed by atoms with Crippen molar-refractivity contribution >= 4 is 40.4 Å². The summed E-state index contributed by atoms with van der Waals surface area (Å²) in [4.78, 5) is 2.38.